The van der Waals surface area contributed by atoms with Crippen LogP contribution in [0.4, 0.5) is 4.79 Å². The molecule has 0 aromatic rings. The van der Waals surface area contributed by atoms with Crippen molar-refractivity contribution < 1.29 is 9.53 Å². The lowest BCUT2D eigenvalue weighted by Gasteiger charge is -2.35. The molecule has 1 amide bonds. The average Bonchev–Trinajstić information content (AvgIpc) is 2.26. The Hall–Kier alpha value is -0.810. The molecule has 5 heteroatoms. The van der Waals surface area contributed by atoms with E-state index < -0.39 is 5.60 Å². The molecule has 1 aliphatic rings. The van der Waals surface area contributed by atoms with E-state index in [4.69, 9.17) is 10.6 Å². The van der Waals surface area contributed by atoms with Crippen LogP contribution in [0.1, 0.15) is 46.5 Å². The SMILES string of the molecule is CN(C(=O)OC(C)(C)C)[C@H]1CCC[C@H](NN)C1. The molecular formula is C12H25N3O2. The second-order valence-electron chi connectivity index (χ2n) is 5.78. The fraction of sp³-hybridized carbons (Fsp3) is 0.917. The summed E-state index contributed by atoms with van der Waals surface area (Å²) >= 11 is 0. The van der Waals surface area contributed by atoms with Crippen molar-refractivity contribution in [2.45, 2.75) is 64.1 Å². The normalized spacial score (nSPS) is 25.5. The predicted molar refractivity (Wildman–Crippen MR) is 67.4 cm³/mol. The first-order valence-corrected chi connectivity index (χ1v) is 6.25. The summed E-state index contributed by atoms with van der Waals surface area (Å²) in [6.07, 6.45) is 3.84. The van der Waals surface area contributed by atoms with Crippen molar-refractivity contribution >= 4 is 6.09 Å². The molecule has 0 saturated heterocycles. The molecule has 3 N–H and O–H groups in total. The molecule has 1 fully saturated rings. The third-order valence-corrected chi connectivity index (χ3v) is 3.11. The van der Waals surface area contributed by atoms with Gasteiger partial charge >= 0.3 is 6.09 Å². The second kappa shape index (κ2) is 5.69. The van der Waals surface area contributed by atoms with Crippen LogP contribution >= 0.6 is 0 Å². The maximum absolute atomic E-state index is 11.9. The lowest BCUT2D eigenvalue weighted by molar-refractivity contribution is 0.0175. The molecular weight excluding hydrogens is 218 g/mol. The Morgan fingerprint density at radius 2 is 2.06 bits per heavy atom. The molecule has 0 aromatic heterocycles. The Balaban J connectivity index is 2.51. The topological polar surface area (TPSA) is 67.6 Å². The third kappa shape index (κ3) is 4.52. The van der Waals surface area contributed by atoms with Gasteiger partial charge in [-0.25, -0.2) is 4.79 Å². The maximum Gasteiger partial charge on any atom is 0.410 e. The van der Waals surface area contributed by atoms with Crippen LogP contribution in [0.5, 0.6) is 0 Å². The molecule has 0 aromatic carbocycles. The molecule has 1 rings (SSSR count). The zero-order chi connectivity index (χ0) is 13.1. The number of hydrogen-bond acceptors (Lipinski definition) is 4. The van der Waals surface area contributed by atoms with Crippen LogP contribution in [0, 0.1) is 0 Å². The van der Waals surface area contributed by atoms with Crippen molar-refractivity contribution in [1.29, 1.82) is 0 Å². The van der Waals surface area contributed by atoms with Crippen LogP contribution in [0.2, 0.25) is 0 Å². The number of nitrogens with one attached hydrogen (secondary N) is 1. The molecule has 0 unspecified atom stereocenters. The van der Waals surface area contributed by atoms with E-state index in [2.05, 4.69) is 5.43 Å². The van der Waals surface area contributed by atoms with Gasteiger partial charge in [0.1, 0.15) is 5.60 Å². The number of ether oxygens (including phenoxy) is 1. The van der Waals surface area contributed by atoms with Gasteiger partial charge in [-0.05, 0) is 46.5 Å². The molecule has 0 spiro atoms. The molecule has 0 bridgehead atoms. The van der Waals surface area contributed by atoms with Crippen LogP contribution in [0.25, 0.3) is 0 Å². The minimum absolute atomic E-state index is 0.222. The van der Waals surface area contributed by atoms with E-state index >= 15 is 0 Å². The Labute approximate surface area is 104 Å². The van der Waals surface area contributed by atoms with Crippen molar-refractivity contribution in [3.8, 4) is 0 Å². The summed E-state index contributed by atoms with van der Waals surface area (Å²) < 4.78 is 5.36. The molecule has 5 nitrogen and oxygen atoms in total. The number of hydrazine groups is 1. The molecule has 0 aliphatic heterocycles. The highest BCUT2D eigenvalue weighted by molar-refractivity contribution is 5.68. The lowest BCUT2D eigenvalue weighted by Crippen LogP contribution is -2.48. The van der Waals surface area contributed by atoms with E-state index in [9.17, 15) is 4.79 Å². The first kappa shape index (κ1) is 14.3. The quantitative estimate of drug-likeness (QED) is 0.571. The van der Waals surface area contributed by atoms with Crippen molar-refractivity contribution in [2.24, 2.45) is 5.84 Å². The van der Waals surface area contributed by atoms with Crippen LogP contribution in [-0.2, 0) is 4.74 Å². The Morgan fingerprint density at radius 3 is 2.59 bits per heavy atom. The highest BCUT2D eigenvalue weighted by Gasteiger charge is 2.29. The highest BCUT2D eigenvalue weighted by Crippen LogP contribution is 2.23. The molecule has 0 heterocycles. The first-order valence-electron chi connectivity index (χ1n) is 6.25. The molecule has 100 valence electrons. The largest absolute Gasteiger partial charge is 0.444 e. The first-order chi connectivity index (χ1) is 7.83. The highest BCUT2D eigenvalue weighted by atomic mass is 16.6. The van der Waals surface area contributed by atoms with Gasteiger partial charge in [0.25, 0.3) is 0 Å². The minimum atomic E-state index is -0.439. The summed E-state index contributed by atoms with van der Waals surface area (Å²) in [4.78, 5) is 13.6. The van der Waals surface area contributed by atoms with Gasteiger partial charge in [-0.1, -0.05) is 0 Å². The molecule has 1 saturated carbocycles. The zero-order valence-electron chi connectivity index (χ0n) is 11.3. The number of rotatable bonds is 2. The Morgan fingerprint density at radius 1 is 1.41 bits per heavy atom. The van der Waals surface area contributed by atoms with Gasteiger partial charge in [0.05, 0.1) is 0 Å². The van der Waals surface area contributed by atoms with Crippen LogP contribution in [0.15, 0.2) is 0 Å². The van der Waals surface area contributed by atoms with Gasteiger partial charge in [-0.3, -0.25) is 11.3 Å². The maximum atomic E-state index is 11.9. The smallest absolute Gasteiger partial charge is 0.410 e. The number of nitrogens with zero attached hydrogens (tertiary/aromatic N) is 1. The van der Waals surface area contributed by atoms with Crippen LogP contribution in [0.3, 0.4) is 0 Å². The summed E-state index contributed by atoms with van der Waals surface area (Å²) in [5.41, 5.74) is 2.36. The number of nitrogens with two attached hydrogens (primary N) is 1. The summed E-state index contributed by atoms with van der Waals surface area (Å²) in [5, 5.41) is 0. The summed E-state index contributed by atoms with van der Waals surface area (Å²) in [7, 11) is 1.80. The van der Waals surface area contributed by atoms with E-state index in [1.807, 2.05) is 20.8 Å². The van der Waals surface area contributed by atoms with Gasteiger partial charge in [0.2, 0.25) is 0 Å². The van der Waals surface area contributed by atoms with Gasteiger partial charge in [0, 0.05) is 19.1 Å². The van der Waals surface area contributed by atoms with Crippen LogP contribution < -0.4 is 11.3 Å². The van der Waals surface area contributed by atoms with Crippen LogP contribution in [-0.4, -0.2) is 35.7 Å². The van der Waals surface area contributed by atoms with Gasteiger partial charge in [-0.2, -0.15) is 0 Å². The fourth-order valence-electron chi connectivity index (χ4n) is 2.15. The Bertz CT molecular complexity index is 263. The molecule has 2 atom stereocenters. The van der Waals surface area contributed by atoms with E-state index in [0.717, 1.165) is 25.7 Å². The number of amides is 1. The van der Waals surface area contributed by atoms with Gasteiger partial charge in [-0.15, -0.1) is 0 Å². The van der Waals surface area contributed by atoms with Crippen molar-refractivity contribution in [1.82, 2.24) is 10.3 Å². The summed E-state index contributed by atoms with van der Waals surface area (Å²) in [6.45, 7) is 5.64. The third-order valence-electron chi connectivity index (χ3n) is 3.11. The minimum Gasteiger partial charge on any atom is -0.444 e. The summed E-state index contributed by atoms with van der Waals surface area (Å²) in [6, 6.07) is 0.526. The van der Waals surface area contributed by atoms with E-state index in [1.165, 1.54) is 0 Å². The molecule has 17 heavy (non-hydrogen) atoms. The average molecular weight is 243 g/mol. The number of carbonyl (C=O) groups excluding carboxylic acids is 1. The van der Waals surface area contributed by atoms with E-state index in [0.29, 0.717) is 6.04 Å². The lowest BCUT2D eigenvalue weighted by atomic mass is 9.91. The summed E-state index contributed by atoms with van der Waals surface area (Å²) in [5.74, 6) is 5.46. The van der Waals surface area contributed by atoms with Crippen molar-refractivity contribution in [2.75, 3.05) is 7.05 Å². The van der Waals surface area contributed by atoms with Gasteiger partial charge in [0.15, 0.2) is 0 Å². The molecule has 1 aliphatic carbocycles. The Kier molecular flexibility index (Phi) is 4.77. The second-order valence-corrected chi connectivity index (χ2v) is 5.78. The number of carbonyl (C=O) groups is 1. The molecule has 0 radical (unpaired) electrons. The standard InChI is InChI=1S/C12H25N3O2/c1-12(2,3)17-11(16)15(4)10-7-5-6-9(8-10)14-13/h9-10,14H,5-8,13H2,1-4H3/t9-,10-/m0/s1. The van der Waals surface area contributed by atoms with Crippen molar-refractivity contribution in [3.63, 3.8) is 0 Å². The van der Waals surface area contributed by atoms with E-state index in [1.54, 1.807) is 11.9 Å². The monoisotopic (exact) mass is 243 g/mol. The number of hydrogen-bond donors (Lipinski definition) is 2. The fourth-order valence-corrected chi connectivity index (χ4v) is 2.15. The zero-order valence-corrected chi connectivity index (χ0v) is 11.3. The predicted octanol–water partition coefficient (Wildman–Crippen LogP) is 1.63. The van der Waals surface area contributed by atoms with E-state index in [-0.39, 0.29) is 12.1 Å². The van der Waals surface area contributed by atoms with Crippen molar-refractivity contribution in [3.05, 3.63) is 0 Å². The van der Waals surface area contributed by atoms with Gasteiger partial charge < -0.3 is 9.64 Å².